The lowest BCUT2D eigenvalue weighted by Gasteiger charge is -2.35. The van der Waals surface area contributed by atoms with E-state index in [9.17, 15) is 22.8 Å². The molecule has 3 aromatic rings. The van der Waals surface area contributed by atoms with Gasteiger partial charge in [-0.15, -0.1) is 0 Å². The molecule has 0 atom stereocenters. The SMILES string of the molecule is O=C(c1ccc(Cl)cc1)c1ccccc1C(=O)N1CCN(c2ccc(C(F)(F)F)cn2)CC1. The van der Waals surface area contributed by atoms with Crippen molar-refractivity contribution in [3.05, 3.63) is 94.1 Å². The van der Waals surface area contributed by atoms with E-state index in [2.05, 4.69) is 4.98 Å². The normalized spacial score (nSPS) is 14.3. The zero-order chi connectivity index (χ0) is 23.6. The molecule has 0 aliphatic carbocycles. The molecule has 2 aromatic carbocycles. The highest BCUT2D eigenvalue weighted by molar-refractivity contribution is 6.30. The van der Waals surface area contributed by atoms with Crippen LogP contribution in [0.3, 0.4) is 0 Å². The number of piperazine rings is 1. The third kappa shape index (κ3) is 5.01. The largest absolute Gasteiger partial charge is 0.417 e. The third-order valence-corrected chi connectivity index (χ3v) is 5.73. The summed E-state index contributed by atoms with van der Waals surface area (Å²) < 4.78 is 38.3. The minimum atomic E-state index is -4.44. The van der Waals surface area contributed by atoms with Crippen LogP contribution in [-0.4, -0.2) is 47.8 Å². The standard InChI is InChI=1S/C24H19ClF3N3O2/c25-18-8-5-16(6-9-18)22(32)19-3-1-2-4-20(19)23(33)31-13-11-30(12-14-31)21-10-7-17(15-29-21)24(26,27)28/h1-10,15H,11-14H2. The van der Waals surface area contributed by atoms with Gasteiger partial charge in [-0.25, -0.2) is 4.98 Å². The van der Waals surface area contributed by atoms with Gasteiger partial charge in [0.1, 0.15) is 5.82 Å². The molecule has 170 valence electrons. The van der Waals surface area contributed by atoms with E-state index in [1.165, 1.54) is 6.07 Å². The molecule has 1 aliphatic rings. The number of carbonyl (C=O) groups is 2. The fourth-order valence-corrected chi connectivity index (χ4v) is 3.80. The molecule has 0 spiro atoms. The molecular weight excluding hydrogens is 455 g/mol. The molecule has 1 aliphatic heterocycles. The molecule has 4 rings (SSSR count). The minimum absolute atomic E-state index is 0.270. The monoisotopic (exact) mass is 473 g/mol. The van der Waals surface area contributed by atoms with Crippen molar-refractivity contribution in [2.24, 2.45) is 0 Å². The summed E-state index contributed by atoms with van der Waals surface area (Å²) in [5, 5.41) is 0.510. The van der Waals surface area contributed by atoms with Crippen LogP contribution in [-0.2, 0) is 6.18 Å². The van der Waals surface area contributed by atoms with Crippen LogP contribution in [0.2, 0.25) is 5.02 Å². The molecular formula is C24H19ClF3N3O2. The Balaban J connectivity index is 1.46. The number of amides is 1. The zero-order valence-corrected chi connectivity index (χ0v) is 18.1. The van der Waals surface area contributed by atoms with Gasteiger partial charge >= 0.3 is 6.18 Å². The lowest BCUT2D eigenvalue weighted by atomic mass is 9.97. The maximum absolute atomic E-state index is 13.2. The first kappa shape index (κ1) is 22.8. The molecule has 0 radical (unpaired) electrons. The van der Waals surface area contributed by atoms with Crippen molar-refractivity contribution in [2.45, 2.75) is 6.18 Å². The fraction of sp³-hybridized carbons (Fsp3) is 0.208. The van der Waals surface area contributed by atoms with Gasteiger partial charge in [0.2, 0.25) is 0 Å². The number of rotatable bonds is 4. The van der Waals surface area contributed by atoms with E-state index in [0.29, 0.717) is 53.7 Å². The first-order chi connectivity index (χ1) is 15.7. The smallest absolute Gasteiger partial charge is 0.353 e. The molecule has 5 nitrogen and oxygen atoms in total. The Labute approximate surface area is 193 Å². The summed E-state index contributed by atoms with van der Waals surface area (Å²) in [5.74, 6) is -0.121. The van der Waals surface area contributed by atoms with Gasteiger partial charge in [0.25, 0.3) is 5.91 Å². The second kappa shape index (κ2) is 9.23. The Morgan fingerprint density at radius 3 is 2.06 bits per heavy atom. The van der Waals surface area contributed by atoms with Gasteiger partial charge in [-0.3, -0.25) is 9.59 Å². The first-order valence-corrected chi connectivity index (χ1v) is 10.6. The summed E-state index contributed by atoms with van der Waals surface area (Å²) in [4.78, 5) is 33.6. The Morgan fingerprint density at radius 1 is 0.848 bits per heavy atom. The van der Waals surface area contributed by atoms with Crippen molar-refractivity contribution in [1.29, 1.82) is 0 Å². The van der Waals surface area contributed by atoms with Crippen LogP contribution < -0.4 is 4.90 Å². The Hall–Kier alpha value is -3.39. The van der Waals surface area contributed by atoms with E-state index in [4.69, 9.17) is 11.6 Å². The number of hydrogen-bond donors (Lipinski definition) is 0. The molecule has 0 saturated carbocycles. The predicted molar refractivity (Wildman–Crippen MR) is 119 cm³/mol. The van der Waals surface area contributed by atoms with E-state index in [1.807, 2.05) is 4.90 Å². The van der Waals surface area contributed by atoms with Gasteiger partial charge in [0.15, 0.2) is 5.78 Å². The summed E-state index contributed by atoms with van der Waals surface area (Å²) in [5.41, 5.74) is 0.232. The summed E-state index contributed by atoms with van der Waals surface area (Å²) in [6.07, 6.45) is -3.63. The highest BCUT2D eigenvalue weighted by Gasteiger charge is 2.31. The quantitative estimate of drug-likeness (QED) is 0.503. The number of ketones is 1. The van der Waals surface area contributed by atoms with Gasteiger partial charge in [-0.2, -0.15) is 13.2 Å². The number of halogens is 4. The van der Waals surface area contributed by atoms with Crippen molar-refractivity contribution in [1.82, 2.24) is 9.88 Å². The fourth-order valence-electron chi connectivity index (χ4n) is 3.67. The molecule has 9 heteroatoms. The van der Waals surface area contributed by atoms with E-state index >= 15 is 0 Å². The molecule has 33 heavy (non-hydrogen) atoms. The number of hydrogen-bond acceptors (Lipinski definition) is 4. The van der Waals surface area contributed by atoms with Crippen LogP contribution in [0.5, 0.6) is 0 Å². The van der Waals surface area contributed by atoms with Crippen molar-refractivity contribution in [3.63, 3.8) is 0 Å². The molecule has 1 amide bonds. The van der Waals surface area contributed by atoms with Crippen molar-refractivity contribution >= 4 is 29.1 Å². The van der Waals surface area contributed by atoms with Crippen LogP contribution >= 0.6 is 11.6 Å². The summed E-state index contributed by atoms with van der Waals surface area (Å²) in [6, 6.07) is 15.4. The molecule has 1 saturated heterocycles. The molecule has 0 bridgehead atoms. The Morgan fingerprint density at radius 2 is 1.48 bits per heavy atom. The third-order valence-electron chi connectivity index (χ3n) is 5.47. The van der Waals surface area contributed by atoms with E-state index < -0.39 is 11.7 Å². The van der Waals surface area contributed by atoms with Gasteiger partial charge in [0, 0.05) is 48.5 Å². The van der Waals surface area contributed by atoms with Gasteiger partial charge in [0.05, 0.1) is 11.1 Å². The number of pyridine rings is 1. The number of anilines is 1. The zero-order valence-electron chi connectivity index (χ0n) is 17.3. The lowest BCUT2D eigenvalue weighted by Crippen LogP contribution is -2.49. The van der Waals surface area contributed by atoms with E-state index in [-0.39, 0.29) is 11.7 Å². The van der Waals surface area contributed by atoms with Crippen molar-refractivity contribution in [2.75, 3.05) is 31.1 Å². The summed E-state index contributed by atoms with van der Waals surface area (Å²) >= 11 is 5.90. The molecule has 0 N–H and O–H groups in total. The highest BCUT2D eigenvalue weighted by atomic mass is 35.5. The average molecular weight is 474 g/mol. The lowest BCUT2D eigenvalue weighted by molar-refractivity contribution is -0.137. The number of benzene rings is 2. The van der Waals surface area contributed by atoms with Crippen LogP contribution in [0, 0.1) is 0 Å². The maximum atomic E-state index is 13.2. The summed E-state index contributed by atoms with van der Waals surface area (Å²) in [7, 11) is 0. The van der Waals surface area contributed by atoms with Crippen molar-refractivity contribution in [3.8, 4) is 0 Å². The van der Waals surface area contributed by atoms with Crippen LogP contribution in [0.25, 0.3) is 0 Å². The van der Waals surface area contributed by atoms with Crippen LogP contribution in [0.15, 0.2) is 66.9 Å². The second-order valence-electron chi connectivity index (χ2n) is 7.56. The molecule has 1 aromatic heterocycles. The Kier molecular flexibility index (Phi) is 6.37. The highest BCUT2D eigenvalue weighted by Crippen LogP contribution is 2.29. The molecule has 1 fully saturated rings. The number of carbonyl (C=O) groups excluding carboxylic acids is 2. The van der Waals surface area contributed by atoms with E-state index in [1.54, 1.807) is 53.4 Å². The topological polar surface area (TPSA) is 53.5 Å². The minimum Gasteiger partial charge on any atom is -0.353 e. The van der Waals surface area contributed by atoms with Gasteiger partial charge in [-0.1, -0.05) is 29.8 Å². The van der Waals surface area contributed by atoms with Crippen LogP contribution in [0.4, 0.5) is 19.0 Å². The second-order valence-corrected chi connectivity index (χ2v) is 8.00. The maximum Gasteiger partial charge on any atom is 0.417 e. The van der Waals surface area contributed by atoms with Crippen LogP contribution in [0.1, 0.15) is 31.8 Å². The van der Waals surface area contributed by atoms with Gasteiger partial charge < -0.3 is 9.80 Å². The number of nitrogens with zero attached hydrogens (tertiary/aromatic N) is 3. The molecule has 2 heterocycles. The van der Waals surface area contributed by atoms with Gasteiger partial charge in [-0.05, 0) is 42.5 Å². The first-order valence-electron chi connectivity index (χ1n) is 10.2. The number of alkyl halides is 3. The van der Waals surface area contributed by atoms with Crippen molar-refractivity contribution < 1.29 is 22.8 Å². The number of aromatic nitrogens is 1. The average Bonchev–Trinajstić information content (AvgIpc) is 2.83. The summed E-state index contributed by atoms with van der Waals surface area (Å²) in [6.45, 7) is 1.53. The van der Waals surface area contributed by atoms with E-state index in [0.717, 1.165) is 12.3 Å². The Bertz CT molecular complexity index is 1160. The molecule has 0 unspecified atom stereocenters. The predicted octanol–water partition coefficient (Wildman–Crippen LogP) is 4.95.